The number of alkyl halides is 2. The van der Waals surface area contributed by atoms with E-state index in [0.717, 1.165) is 18.4 Å². The molecule has 0 aliphatic heterocycles. The fourth-order valence-electron chi connectivity index (χ4n) is 1.96. The van der Waals surface area contributed by atoms with Crippen molar-refractivity contribution in [3.8, 4) is 5.75 Å². The molecule has 0 spiro atoms. The summed E-state index contributed by atoms with van der Waals surface area (Å²) in [5.41, 5.74) is 6.65. The Labute approximate surface area is 130 Å². The van der Waals surface area contributed by atoms with Gasteiger partial charge in [0.2, 0.25) is 5.91 Å². The summed E-state index contributed by atoms with van der Waals surface area (Å²) in [7, 11) is 0. The molecule has 0 saturated heterocycles. The predicted molar refractivity (Wildman–Crippen MR) is 81.9 cm³/mol. The molecule has 0 radical (unpaired) electrons. The normalized spacial score (nSPS) is 11.5. The van der Waals surface area contributed by atoms with Crippen molar-refractivity contribution in [2.24, 2.45) is 5.73 Å². The average Bonchev–Trinajstić information content (AvgIpc) is 2.51. The van der Waals surface area contributed by atoms with Gasteiger partial charge in [0, 0.05) is 18.5 Å². The first-order chi connectivity index (χ1) is 10.4. The lowest BCUT2D eigenvalue weighted by molar-refractivity contribution is -0.121. The van der Waals surface area contributed by atoms with Crippen molar-refractivity contribution in [2.75, 3.05) is 6.54 Å². The van der Waals surface area contributed by atoms with Crippen LogP contribution in [0.1, 0.15) is 38.7 Å². The number of amides is 1. The van der Waals surface area contributed by atoms with E-state index in [2.05, 4.69) is 10.1 Å². The van der Waals surface area contributed by atoms with Crippen molar-refractivity contribution in [1.29, 1.82) is 0 Å². The highest BCUT2D eigenvalue weighted by Crippen LogP contribution is 2.16. The van der Waals surface area contributed by atoms with E-state index < -0.39 is 6.61 Å². The average molecular weight is 314 g/mol. The predicted octanol–water partition coefficient (Wildman–Crippen LogP) is 2.85. The molecule has 1 aromatic rings. The number of nitrogens with two attached hydrogens (primary N) is 1. The Balaban J connectivity index is 2.38. The number of ether oxygens (including phenoxy) is 1. The van der Waals surface area contributed by atoms with Gasteiger partial charge in [0.25, 0.3) is 0 Å². The summed E-state index contributed by atoms with van der Waals surface area (Å²) < 4.78 is 28.3. The third-order valence-electron chi connectivity index (χ3n) is 3.84. The molecule has 0 bridgehead atoms. The van der Waals surface area contributed by atoms with Gasteiger partial charge in [-0.1, -0.05) is 26.0 Å². The monoisotopic (exact) mass is 314 g/mol. The van der Waals surface area contributed by atoms with Crippen molar-refractivity contribution >= 4 is 5.91 Å². The van der Waals surface area contributed by atoms with Crippen LogP contribution in [0.5, 0.6) is 5.75 Å². The van der Waals surface area contributed by atoms with Crippen LogP contribution in [0.15, 0.2) is 24.3 Å². The van der Waals surface area contributed by atoms with Gasteiger partial charge in [0.15, 0.2) is 0 Å². The molecule has 1 amide bonds. The van der Waals surface area contributed by atoms with Crippen LogP contribution in [-0.4, -0.2) is 24.6 Å². The van der Waals surface area contributed by atoms with Crippen LogP contribution in [0, 0.1) is 0 Å². The Kier molecular flexibility index (Phi) is 7.24. The van der Waals surface area contributed by atoms with Crippen LogP contribution < -0.4 is 15.8 Å². The SMILES string of the molecule is CCC(N)(CC)CNC(=O)CCc1ccc(OC(F)F)cc1. The van der Waals surface area contributed by atoms with E-state index in [0.29, 0.717) is 19.4 Å². The van der Waals surface area contributed by atoms with Gasteiger partial charge >= 0.3 is 6.61 Å². The number of aryl methyl sites for hydroxylation is 1. The molecule has 0 atom stereocenters. The van der Waals surface area contributed by atoms with E-state index in [9.17, 15) is 13.6 Å². The number of nitrogens with one attached hydrogen (secondary N) is 1. The van der Waals surface area contributed by atoms with E-state index in [1.54, 1.807) is 12.1 Å². The lowest BCUT2D eigenvalue weighted by Crippen LogP contribution is -2.49. The summed E-state index contributed by atoms with van der Waals surface area (Å²) in [5, 5.41) is 2.85. The highest BCUT2D eigenvalue weighted by Gasteiger charge is 2.20. The number of carbonyl (C=O) groups is 1. The Bertz CT molecular complexity index is 460. The van der Waals surface area contributed by atoms with E-state index in [1.165, 1.54) is 12.1 Å². The maximum absolute atomic E-state index is 12.0. The molecule has 3 N–H and O–H groups in total. The number of hydrogen-bond acceptors (Lipinski definition) is 3. The van der Waals surface area contributed by atoms with Crippen LogP contribution in [0.25, 0.3) is 0 Å². The molecule has 0 fully saturated rings. The summed E-state index contributed by atoms with van der Waals surface area (Å²) in [6.45, 7) is 1.63. The molecular formula is C16H24F2N2O2. The van der Waals surface area contributed by atoms with Crippen molar-refractivity contribution in [1.82, 2.24) is 5.32 Å². The van der Waals surface area contributed by atoms with Gasteiger partial charge < -0.3 is 15.8 Å². The standard InChI is InChI=1S/C16H24F2N2O2/c1-3-16(19,4-2)11-20-14(21)10-7-12-5-8-13(9-6-12)22-15(17)18/h5-6,8-9,15H,3-4,7,10-11,19H2,1-2H3,(H,20,21). The summed E-state index contributed by atoms with van der Waals surface area (Å²) >= 11 is 0. The van der Waals surface area contributed by atoms with E-state index >= 15 is 0 Å². The van der Waals surface area contributed by atoms with Gasteiger partial charge in [-0.05, 0) is 37.0 Å². The smallest absolute Gasteiger partial charge is 0.387 e. The molecule has 0 unspecified atom stereocenters. The van der Waals surface area contributed by atoms with Crippen LogP contribution >= 0.6 is 0 Å². The lowest BCUT2D eigenvalue weighted by atomic mass is 9.94. The molecular weight excluding hydrogens is 290 g/mol. The second-order valence-corrected chi connectivity index (χ2v) is 5.37. The molecule has 0 saturated carbocycles. The van der Waals surface area contributed by atoms with Crippen molar-refractivity contribution in [3.63, 3.8) is 0 Å². The Morgan fingerprint density at radius 2 is 1.86 bits per heavy atom. The highest BCUT2D eigenvalue weighted by molar-refractivity contribution is 5.76. The van der Waals surface area contributed by atoms with Gasteiger partial charge in [-0.25, -0.2) is 0 Å². The zero-order valence-electron chi connectivity index (χ0n) is 13.1. The summed E-state index contributed by atoms with van der Waals surface area (Å²) in [4.78, 5) is 11.8. The fourth-order valence-corrected chi connectivity index (χ4v) is 1.96. The topological polar surface area (TPSA) is 64.3 Å². The first-order valence-electron chi connectivity index (χ1n) is 7.48. The maximum Gasteiger partial charge on any atom is 0.387 e. The van der Waals surface area contributed by atoms with Gasteiger partial charge in [0.1, 0.15) is 5.75 Å². The number of carbonyl (C=O) groups excluding carboxylic acids is 1. The van der Waals surface area contributed by atoms with Crippen LogP contribution in [0.3, 0.4) is 0 Å². The molecule has 0 aromatic heterocycles. The molecule has 22 heavy (non-hydrogen) atoms. The molecule has 1 rings (SSSR count). The minimum absolute atomic E-state index is 0.0652. The van der Waals surface area contributed by atoms with Gasteiger partial charge in [-0.3, -0.25) is 4.79 Å². The third-order valence-corrected chi connectivity index (χ3v) is 3.84. The molecule has 1 aromatic carbocycles. The largest absolute Gasteiger partial charge is 0.435 e. The summed E-state index contributed by atoms with van der Waals surface area (Å²) in [5.74, 6) is 0.0478. The van der Waals surface area contributed by atoms with E-state index in [1.807, 2.05) is 13.8 Å². The zero-order chi connectivity index (χ0) is 16.6. The highest BCUT2D eigenvalue weighted by atomic mass is 19.3. The molecule has 124 valence electrons. The molecule has 0 heterocycles. The Morgan fingerprint density at radius 1 is 1.27 bits per heavy atom. The van der Waals surface area contributed by atoms with E-state index in [-0.39, 0.29) is 17.2 Å². The first kappa shape index (κ1) is 18.4. The Morgan fingerprint density at radius 3 is 2.36 bits per heavy atom. The number of rotatable bonds is 9. The first-order valence-corrected chi connectivity index (χ1v) is 7.48. The van der Waals surface area contributed by atoms with Crippen molar-refractivity contribution in [2.45, 2.75) is 51.7 Å². The molecule has 6 heteroatoms. The number of hydrogen-bond donors (Lipinski definition) is 2. The van der Waals surface area contributed by atoms with Gasteiger partial charge in [0.05, 0.1) is 0 Å². The maximum atomic E-state index is 12.0. The number of halogens is 2. The quantitative estimate of drug-likeness (QED) is 0.736. The molecule has 4 nitrogen and oxygen atoms in total. The van der Waals surface area contributed by atoms with E-state index in [4.69, 9.17) is 5.73 Å². The van der Waals surface area contributed by atoms with Gasteiger partial charge in [-0.15, -0.1) is 0 Å². The third kappa shape index (κ3) is 6.39. The Hall–Kier alpha value is -1.69. The second-order valence-electron chi connectivity index (χ2n) is 5.37. The van der Waals surface area contributed by atoms with Crippen LogP contribution in [0.2, 0.25) is 0 Å². The second kappa shape index (κ2) is 8.68. The number of benzene rings is 1. The fraction of sp³-hybridized carbons (Fsp3) is 0.562. The lowest BCUT2D eigenvalue weighted by Gasteiger charge is -2.26. The summed E-state index contributed by atoms with van der Waals surface area (Å²) in [6.07, 6.45) is 2.47. The molecule has 0 aliphatic rings. The van der Waals surface area contributed by atoms with Gasteiger partial charge in [-0.2, -0.15) is 8.78 Å². The summed E-state index contributed by atoms with van der Waals surface area (Å²) in [6, 6.07) is 6.30. The van der Waals surface area contributed by atoms with Crippen molar-refractivity contribution < 1.29 is 18.3 Å². The molecule has 0 aliphatic carbocycles. The zero-order valence-corrected chi connectivity index (χ0v) is 13.1. The van der Waals surface area contributed by atoms with Crippen LogP contribution in [0.4, 0.5) is 8.78 Å². The van der Waals surface area contributed by atoms with Crippen molar-refractivity contribution in [3.05, 3.63) is 29.8 Å². The minimum atomic E-state index is -2.83. The minimum Gasteiger partial charge on any atom is -0.435 e. The van der Waals surface area contributed by atoms with Crippen LogP contribution in [-0.2, 0) is 11.2 Å².